The minimum absolute atomic E-state index is 0.0393. The quantitative estimate of drug-likeness (QED) is 0.589. The van der Waals surface area contributed by atoms with Crippen LogP contribution < -0.4 is 5.32 Å². The first-order valence-corrected chi connectivity index (χ1v) is 10.5. The number of carbonyl (C=O) groups excluding carboxylic acids is 1. The molecule has 0 fully saturated rings. The molecule has 8 heteroatoms. The number of aliphatic hydroxyl groups is 1. The van der Waals surface area contributed by atoms with Crippen molar-refractivity contribution in [3.63, 3.8) is 0 Å². The van der Waals surface area contributed by atoms with E-state index in [4.69, 9.17) is 9.47 Å². The van der Waals surface area contributed by atoms with Gasteiger partial charge in [0.15, 0.2) is 5.76 Å². The molecule has 2 N–H and O–H groups in total. The highest BCUT2D eigenvalue weighted by atomic mass is 19.4. The van der Waals surface area contributed by atoms with Crippen molar-refractivity contribution in [3.8, 4) is 0 Å². The number of hydrogen-bond acceptors (Lipinski definition) is 4. The third-order valence-corrected chi connectivity index (χ3v) is 5.29. The molecule has 2 aromatic carbocycles. The molecule has 0 radical (unpaired) electrons. The number of allylic oxidation sites excluding steroid dienone is 1. The van der Waals surface area contributed by atoms with E-state index < -0.39 is 29.9 Å². The first-order chi connectivity index (χ1) is 15.3. The summed E-state index contributed by atoms with van der Waals surface area (Å²) in [5.41, 5.74) is 0.454. The Morgan fingerprint density at radius 3 is 2.41 bits per heavy atom. The Morgan fingerprint density at radius 2 is 1.81 bits per heavy atom. The van der Waals surface area contributed by atoms with Crippen LogP contribution in [0.25, 0.3) is 0 Å². The van der Waals surface area contributed by atoms with Crippen LogP contribution in [0.1, 0.15) is 36.8 Å². The number of carbonyl (C=O) groups is 1. The molecule has 3 atom stereocenters. The van der Waals surface area contributed by atoms with E-state index in [2.05, 4.69) is 5.32 Å². The lowest BCUT2D eigenvalue weighted by atomic mass is 9.80. The fourth-order valence-corrected chi connectivity index (χ4v) is 3.75. The van der Waals surface area contributed by atoms with E-state index in [1.165, 1.54) is 12.1 Å². The van der Waals surface area contributed by atoms with Crippen molar-refractivity contribution >= 4 is 11.6 Å². The first-order valence-electron chi connectivity index (χ1n) is 10.5. The van der Waals surface area contributed by atoms with Crippen LogP contribution in [0.4, 0.5) is 18.9 Å². The zero-order valence-electron chi connectivity index (χ0n) is 17.6. The van der Waals surface area contributed by atoms with Crippen molar-refractivity contribution in [1.82, 2.24) is 0 Å². The van der Waals surface area contributed by atoms with E-state index in [-0.39, 0.29) is 18.3 Å². The average molecular weight is 449 g/mol. The van der Waals surface area contributed by atoms with Crippen molar-refractivity contribution in [2.45, 2.75) is 38.1 Å². The number of rotatable bonds is 8. The van der Waals surface area contributed by atoms with Crippen LogP contribution in [-0.2, 0) is 20.4 Å². The molecule has 1 aliphatic heterocycles. The number of aliphatic hydroxyl groups excluding tert-OH is 1. The van der Waals surface area contributed by atoms with Gasteiger partial charge in [-0.15, -0.1) is 0 Å². The van der Waals surface area contributed by atoms with Crippen LogP contribution in [0.3, 0.4) is 0 Å². The van der Waals surface area contributed by atoms with Gasteiger partial charge < -0.3 is 19.9 Å². The Bertz CT molecular complexity index is 913. The number of benzene rings is 2. The number of halogens is 3. The number of para-hydroxylation sites is 1. The molecule has 0 aromatic heterocycles. The molecule has 172 valence electrons. The Balaban J connectivity index is 1.95. The summed E-state index contributed by atoms with van der Waals surface area (Å²) in [4.78, 5) is 12.9. The molecule has 0 bridgehead atoms. The van der Waals surface area contributed by atoms with Crippen LogP contribution in [0.15, 0.2) is 66.4 Å². The average Bonchev–Trinajstić information content (AvgIpc) is 2.78. The van der Waals surface area contributed by atoms with Crippen LogP contribution >= 0.6 is 0 Å². The highest BCUT2D eigenvalue weighted by molar-refractivity contribution is 6.02. The van der Waals surface area contributed by atoms with Crippen LogP contribution in [0.5, 0.6) is 0 Å². The summed E-state index contributed by atoms with van der Waals surface area (Å²) in [5, 5.41) is 12.1. The van der Waals surface area contributed by atoms with Crippen LogP contribution in [-0.4, -0.2) is 30.5 Å². The monoisotopic (exact) mass is 449 g/mol. The summed E-state index contributed by atoms with van der Waals surface area (Å²) in [6.07, 6.45) is -2.61. The first kappa shape index (κ1) is 23.8. The van der Waals surface area contributed by atoms with Gasteiger partial charge in [0.2, 0.25) is 6.29 Å². The fourth-order valence-electron chi connectivity index (χ4n) is 3.75. The summed E-state index contributed by atoms with van der Waals surface area (Å²) in [5.74, 6) is -1.14. The molecule has 2 aromatic rings. The van der Waals surface area contributed by atoms with E-state index in [1.54, 1.807) is 37.3 Å². The fraction of sp³-hybridized carbons (Fsp3) is 0.375. The summed E-state index contributed by atoms with van der Waals surface area (Å²) in [6, 6.07) is 13.7. The summed E-state index contributed by atoms with van der Waals surface area (Å²) >= 11 is 0. The minimum atomic E-state index is -4.44. The van der Waals surface area contributed by atoms with E-state index in [1.807, 2.05) is 6.07 Å². The summed E-state index contributed by atoms with van der Waals surface area (Å²) in [6.45, 7) is 2.08. The predicted octanol–water partition coefficient (Wildman–Crippen LogP) is 5.09. The number of ether oxygens (including phenoxy) is 2. The van der Waals surface area contributed by atoms with E-state index >= 15 is 0 Å². The lowest BCUT2D eigenvalue weighted by molar-refractivity contribution is -0.165. The lowest BCUT2D eigenvalue weighted by Gasteiger charge is -2.37. The largest absolute Gasteiger partial charge is 0.459 e. The number of anilines is 1. The number of amides is 1. The summed E-state index contributed by atoms with van der Waals surface area (Å²) in [7, 11) is 0. The van der Waals surface area contributed by atoms with Gasteiger partial charge in [0.25, 0.3) is 5.91 Å². The standard InChI is InChI=1S/C24H26F3NO4/c1-2-31-23-19(9-6-14-29)20(16-10-12-17(13-11-16)24(25,26)27)15-21(32-23)22(30)28-18-7-4-3-5-8-18/h3-5,7-8,10-13,15,19-20,23,29H,2,6,9,14H2,1H3,(H,28,30)/t19-,20+,23+/m0/s1. The maximum absolute atomic E-state index is 13.0. The SMILES string of the molecule is CCO[C@@H]1OC(C(=O)Nc2ccccc2)=C[C@H](c2ccc(C(F)(F)F)cc2)[C@@H]1CCCO. The molecule has 1 heterocycles. The van der Waals surface area contributed by atoms with Gasteiger partial charge in [-0.3, -0.25) is 4.79 Å². The van der Waals surface area contributed by atoms with Gasteiger partial charge in [-0.2, -0.15) is 13.2 Å². The molecule has 0 aliphatic carbocycles. The molecule has 0 saturated carbocycles. The molecular formula is C24H26F3NO4. The second-order valence-corrected chi connectivity index (χ2v) is 7.47. The molecule has 3 rings (SSSR count). The topological polar surface area (TPSA) is 67.8 Å². The normalized spacial score (nSPS) is 20.9. The van der Waals surface area contributed by atoms with Gasteiger partial charge in [0, 0.05) is 30.7 Å². The van der Waals surface area contributed by atoms with Crippen molar-refractivity contribution in [3.05, 3.63) is 77.6 Å². The predicted molar refractivity (Wildman–Crippen MR) is 114 cm³/mol. The Morgan fingerprint density at radius 1 is 1.12 bits per heavy atom. The molecule has 0 saturated heterocycles. The van der Waals surface area contributed by atoms with Crippen molar-refractivity contribution in [2.24, 2.45) is 5.92 Å². The molecule has 1 aliphatic rings. The van der Waals surface area contributed by atoms with Crippen LogP contribution in [0.2, 0.25) is 0 Å². The van der Waals surface area contributed by atoms with E-state index in [0.29, 0.717) is 30.7 Å². The minimum Gasteiger partial charge on any atom is -0.459 e. The molecule has 5 nitrogen and oxygen atoms in total. The highest BCUT2D eigenvalue weighted by Gasteiger charge is 2.38. The summed E-state index contributed by atoms with van der Waals surface area (Å²) < 4.78 is 50.6. The van der Waals surface area contributed by atoms with Gasteiger partial charge in [-0.25, -0.2) is 0 Å². The number of nitrogens with one attached hydrogen (secondary N) is 1. The second kappa shape index (κ2) is 10.7. The van der Waals surface area contributed by atoms with Gasteiger partial charge in [-0.1, -0.05) is 30.3 Å². The maximum atomic E-state index is 13.0. The molecule has 1 amide bonds. The molecule has 32 heavy (non-hydrogen) atoms. The van der Waals surface area contributed by atoms with E-state index in [0.717, 1.165) is 12.1 Å². The highest BCUT2D eigenvalue weighted by Crippen LogP contribution is 2.40. The molecule has 0 spiro atoms. The van der Waals surface area contributed by atoms with Crippen molar-refractivity contribution in [1.29, 1.82) is 0 Å². The van der Waals surface area contributed by atoms with Gasteiger partial charge in [0.05, 0.1) is 5.56 Å². The molecular weight excluding hydrogens is 423 g/mol. The smallest absolute Gasteiger partial charge is 0.416 e. The zero-order valence-corrected chi connectivity index (χ0v) is 17.6. The third-order valence-electron chi connectivity index (χ3n) is 5.29. The van der Waals surface area contributed by atoms with Gasteiger partial charge >= 0.3 is 6.18 Å². The van der Waals surface area contributed by atoms with Crippen LogP contribution in [0, 0.1) is 5.92 Å². The Kier molecular flexibility index (Phi) is 7.93. The Hall–Kier alpha value is -2.84. The Labute approximate surface area is 184 Å². The maximum Gasteiger partial charge on any atom is 0.416 e. The van der Waals surface area contributed by atoms with Crippen molar-refractivity contribution < 1.29 is 32.5 Å². The van der Waals surface area contributed by atoms with E-state index in [9.17, 15) is 23.1 Å². The second-order valence-electron chi connectivity index (χ2n) is 7.47. The number of alkyl halides is 3. The number of hydrogen-bond donors (Lipinski definition) is 2. The zero-order chi connectivity index (χ0) is 23.1. The lowest BCUT2D eigenvalue weighted by Crippen LogP contribution is -2.37. The third kappa shape index (κ3) is 5.89. The van der Waals surface area contributed by atoms with Crippen molar-refractivity contribution in [2.75, 3.05) is 18.5 Å². The molecule has 0 unspecified atom stereocenters. The van der Waals surface area contributed by atoms with Gasteiger partial charge in [-0.05, 0) is 55.7 Å². The van der Waals surface area contributed by atoms with Gasteiger partial charge in [0.1, 0.15) is 0 Å².